The number of nitrogens with zero attached hydrogens (tertiary/aromatic N) is 1. The molecule has 0 aliphatic rings. The molecule has 2 aromatic rings. The molecule has 0 fully saturated rings. The van der Waals surface area contributed by atoms with Crippen LogP contribution in [-0.4, -0.2) is 27.3 Å². The zero-order valence-corrected chi connectivity index (χ0v) is 11.4. The maximum atomic E-state index is 11.8. The van der Waals surface area contributed by atoms with Gasteiger partial charge in [-0.3, -0.25) is 9.89 Å². The Morgan fingerprint density at radius 1 is 1.47 bits per heavy atom. The highest BCUT2D eigenvalue weighted by molar-refractivity contribution is 5.94. The first-order chi connectivity index (χ1) is 8.97. The number of aliphatic hydroxyl groups is 1. The number of aryl methyl sites for hydroxylation is 1. The van der Waals surface area contributed by atoms with Gasteiger partial charge in [0.25, 0.3) is 0 Å². The maximum absolute atomic E-state index is 11.8. The highest BCUT2D eigenvalue weighted by Gasteiger charge is 2.14. The number of carbonyl (C=O) groups is 1. The van der Waals surface area contributed by atoms with E-state index in [4.69, 9.17) is 0 Å². The van der Waals surface area contributed by atoms with Crippen molar-refractivity contribution in [3.63, 3.8) is 0 Å². The summed E-state index contributed by atoms with van der Waals surface area (Å²) < 4.78 is 0. The molecule has 0 aliphatic heterocycles. The summed E-state index contributed by atoms with van der Waals surface area (Å²) >= 11 is 0. The Balaban J connectivity index is 2.07. The Hall–Kier alpha value is -1.88. The third-order valence-corrected chi connectivity index (χ3v) is 3.19. The van der Waals surface area contributed by atoms with E-state index < -0.39 is 6.10 Å². The van der Waals surface area contributed by atoms with Crippen LogP contribution in [-0.2, 0) is 4.79 Å². The molecular weight excluding hydrogens is 242 g/mol. The highest BCUT2D eigenvalue weighted by atomic mass is 16.3. The van der Waals surface area contributed by atoms with E-state index in [1.54, 1.807) is 0 Å². The second kappa shape index (κ2) is 5.40. The summed E-state index contributed by atoms with van der Waals surface area (Å²) in [4.78, 5) is 11.8. The Morgan fingerprint density at radius 3 is 2.89 bits per heavy atom. The Labute approximate surface area is 112 Å². The number of nitrogens with one attached hydrogen (secondary N) is 2. The van der Waals surface area contributed by atoms with E-state index in [0.29, 0.717) is 5.69 Å². The third kappa shape index (κ3) is 3.12. The summed E-state index contributed by atoms with van der Waals surface area (Å²) in [5, 5.41) is 20.5. The van der Waals surface area contributed by atoms with Crippen LogP contribution in [0.1, 0.15) is 26.0 Å². The minimum atomic E-state index is -0.614. The van der Waals surface area contributed by atoms with E-state index in [0.717, 1.165) is 16.6 Å². The Bertz CT molecular complexity index is 589. The number of rotatable bonds is 4. The molecule has 2 rings (SSSR count). The molecule has 1 amide bonds. The number of carbonyl (C=O) groups excluding carboxylic acids is 1. The summed E-state index contributed by atoms with van der Waals surface area (Å²) in [6, 6.07) is 5.58. The molecule has 0 bridgehead atoms. The molecule has 1 atom stereocenters. The molecule has 0 saturated carbocycles. The molecule has 0 saturated heterocycles. The summed E-state index contributed by atoms with van der Waals surface area (Å²) in [6.07, 6.45) is -0.508. The second-order valence-corrected chi connectivity index (χ2v) is 5.14. The molecule has 3 N–H and O–H groups in total. The van der Waals surface area contributed by atoms with Gasteiger partial charge in [0, 0.05) is 16.8 Å². The first-order valence-electron chi connectivity index (χ1n) is 6.40. The standard InChI is InChI=1S/C14H19N3O2/c1-8(2)13(18)7-14(19)15-10-4-5-11-9(3)16-17-12(11)6-10/h4-6,8,13,18H,7H2,1-3H3,(H,15,19)(H,16,17). The first-order valence-corrected chi connectivity index (χ1v) is 6.40. The number of aromatic amines is 1. The molecular formula is C14H19N3O2. The van der Waals surface area contributed by atoms with Crippen molar-refractivity contribution in [2.24, 2.45) is 5.92 Å². The number of hydrogen-bond acceptors (Lipinski definition) is 3. The van der Waals surface area contributed by atoms with Crippen molar-refractivity contribution in [3.05, 3.63) is 23.9 Å². The van der Waals surface area contributed by atoms with Gasteiger partial charge in [-0.25, -0.2) is 0 Å². The monoisotopic (exact) mass is 261 g/mol. The molecule has 1 heterocycles. The molecule has 0 aliphatic carbocycles. The predicted molar refractivity (Wildman–Crippen MR) is 74.9 cm³/mol. The average molecular weight is 261 g/mol. The molecule has 102 valence electrons. The highest BCUT2D eigenvalue weighted by Crippen LogP contribution is 2.20. The van der Waals surface area contributed by atoms with Gasteiger partial charge in [-0.05, 0) is 31.0 Å². The minimum absolute atomic E-state index is 0.0715. The number of amides is 1. The van der Waals surface area contributed by atoms with Crippen LogP contribution in [0.4, 0.5) is 5.69 Å². The number of H-pyrrole nitrogens is 1. The van der Waals surface area contributed by atoms with Crippen LogP contribution in [0.3, 0.4) is 0 Å². The van der Waals surface area contributed by atoms with Crippen LogP contribution < -0.4 is 5.32 Å². The van der Waals surface area contributed by atoms with E-state index in [-0.39, 0.29) is 18.2 Å². The zero-order chi connectivity index (χ0) is 14.0. The van der Waals surface area contributed by atoms with Gasteiger partial charge in [0.1, 0.15) is 0 Å². The summed E-state index contributed by atoms with van der Waals surface area (Å²) in [7, 11) is 0. The SMILES string of the molecule is Cc1[nH]nc2cc(NC(=O)CC(O)C(C)C)ccc12. The van der Waals surface area contributed by atoms with Crippen molar-refractivity contribution >= 4 is 22.5 Å². The number of aromatic nitrogens is 2. The lowest BCUT2D eigenvalue weighted by molar-refractivity contribution is -0.118. The number of benzene rings is 1. The molecule has 0 radical (unpaired) electrons. The molecule has 1 aromatic carbocycles. The van der Waals surface area contributed by atoms with Crippen molar-refractivity contribution in [2.45, 2.75) is 33.3 Å². The van der Waals surface area contributed by atoms with Gasteiger partial charge in [-0.2, -0.15) is 5.10 Å². The van der Waals surface area contributed by atoms with Crippen LogP contribution in [0.2, 0.25) is 0 Å². The lowest BCUT2D eigenvalue weighted by Gasteiger charge is -2.13. The summed E-state index contributed by atoms with van der Waals surface area (Å²) in [5.74, 6) is -0.116. The van der Waals surface area contributed by atoms with Crippen molar-refractivity contribution in [3.8, 4) is 0 Å². The molecule has 5 nitrogen and oxygen atoms in total. The van der Waals surface area contributed by atoms with Gasteiger partial charge in [0.15, 0.2) is 0 Å². The van der Waals surface area contributed by atoms with E-state index in [2.05, 4.69) is 15.5 Å². The van der Waals surface area contributed by atoms with Crippen molar-refractivity contribution in [2.75, 3.05) is 5.32 Å². The molecule has 5 heteroatoms. The van der Waals surface area contributed by atoms with E-state index >= 15 is 0 Å². The fourth-order valence-electron chi connectivity index (χ4n) is 1.86. The van der Waals surface area contributed by atoms with Crippen molar-refractivity contribution in [1.29, 1.82) is 0 Å². The number of hydrogen-bond donors (Lipinski definition) is 3. The van der Waals surface area contributed by atoms with E-state index in [1.807, 2.05) is 39.0 Å². The van der Waals surface area contributed by atoms with Gasteiger partial charge in [0.2, 0.25) is 5.91 Å². The Morgan fingerprint density at radius 2 is 2.21 bits per heavy atom. The minimum Gasteiger partial charge on any atom is -0.392 e. The summed E-state index contributed by atoms with van der Waals surface area (Å²) in [5.41, 5.74) is 2.52. The van der Waals surface area contributed by atoms with Crippen LogP contribution in [0.15, 0.2) is 18.2 Å². The van der Waals surface area contributed by atoms with Crippen LogP contribution in [0.25, 0.3) is 10.9 Å². The van der Waals surface area contributed by atoms with Crippen LogP contribution >= 0.6 is 0 Å². The molecule has 1 aromatic heterocycles. The van der Waals surface area contributed by atoms with Crippen molar-refractivity contribution < 1.29 is 9.90 Å². The fraction of sp³-hybridized carbons (Fsp3) is 0.429. The zero-order valence-electron chi connectivity index (χ0n) is 11.4. The maximum Gasteiger partial charge on any atom is 0.226 e. The van der Waals surface area contributed by atoms with Gasteiger partial charge in [-0.1, -0.05) is 13.8 Å². The van der Waals surface area contributed by atoms with Gasteiger partial charge < -0.3 is 10.4 Å². The fourth-order valence-corrected chi connectivity index (χ4v) is 1.86. The van der Waals surface area contributed by atoms with Gasteiger partial charge in [0.05, 0.1) is 18.0 Å². The van der Waals surface area contributed by atoms with E-state index in [1.165, 1.54) is 0 Å². The molecule has 1 unspecified atom stereocenters. The lowest BCUT2D eigenvalue weighted by Crippen LogP contribution is -2.23. The quantitative estimate of drug-likeness (QED) is 0.789. The predicted octanol–water partition coefficient (Wildman–Crippen LogP) is 2.22. The van der Waals surface area contributed by atoms with E-state index in [9.17, 15) is 9.90 Å². The average Bonchev–Trinajstić information content (AvgIpc) is 2.70. The van der Waals surface area contributed by atoms with Crippen molar-refractivity contribution in [1.82, 2.24) is 10.2 Å². The van der Waals surface area contributed by atoms with Gasteiger partial charge in [-0.15, -0.1) is 0 Å². The Kier molecular flexibility index (Phi) is 3.85. The topological polar surface area (TPSA) is 78.0 Å². The van der Waals surface area contributed by atoms with Crippen LogP contribution in [0, 0.1) is 12.8 Å². The number of aliphatic hydroxyl groups excluding tert-OH is 1. The molecule has 19 heavy (non-hydrogen) atoms. The summed E-state index contributed by atoms with van der Waals surface area (Å²) in [6.45, 7) is 5.72. The lowest BCUT2D eigenvalue weighted by atomic mass is 10.0. The van der Waals surface area contributed by atoms with Crippen LogP contribution in [0.5, 0.6) is 0 Å². The largest absolute Gasteiger partial charge is 0.392 e. The molecule has 0 spiro atoms. The number of anilines is 1. The smallest absolute Gasteiger partial charge is 0.226 e. The third-order valence-electron chi connectivity index (χ3n) is 3.19. The number of fused-ring (bicyclic) bond motifs is 1. The second-order valence-electron chi connectivity index (χ2n) is 5.14. The first kappa shape index (κ1) is 13.5. The van der Waals surface area contributed by atoms with Gasteiger partial charge >= 0.3 is 0 Å². The normalized spacial score (nSPS) is 12.9.